The second-order valence-electron chi connectivity index (χ2n) is 30.9. The normalized spacial score (nSPS) is 13.6. The number of rotatable bonds is 9. The Kier molecular flexibility index (Phi) is 14.2. The molecular weight excluding hydrogens is 1400 g/mol. The highest BCUT2D eigenvalue weighted by Gasteiger charge is 2.53. The summed E-state index contributed by atoms with van der Waals surface area (Å²) in [5, 5.41) is 7.32. The molecule has 0 bridgehead atoms. The fourth-order valence-electron chi connectivity index (χ4n) is 19.6. The molecule has 0 unspecified atom stereocenters. The van der Waals surface area contributed by atoms with E-state index in [4.69, 9.17) is 29.4 Å². The van der Waals surface area contributed by atoms with Crippen LogP contribution in [0.5, 0.6) is 23.0 Å². The van der Waals surface area contributed by atoms with Crippen LogP contribution in [0.2, 0.25) is 0 Å². The van der Waals surface area contributed by atoms with Gasteiger partial charge in [-0.1, -0.05) is 334 Å². The number of fused-ring (bicyclic) bond motifs is 21. The Morgan fingerprint density at radius 3 is 1.16 bits per heavy atom. The second kappa shape index (κ2) is 25.3. The van der Waals surface area contributed by atoms with Gasteiger partial charge in [0.1, 0.15) is 23.0 Å². The van der Waals surface area contributed by atoms with Crippen molar-refractivity contribution in [3.05, 3.63) is 438 Å². The third-order valence-corrected chi connectivity index (χ3v) is 24.8. The summed E-state index contributed by atoms with van der Waals surface area (Å²) in [5.74, 6) is 4.66. The Balaban J connectivity index is 0.579. The molecule has 0 radical (unpaired) electrons. The lowest BCUT2D eigenvalue weighted by molar-refractivity contribution is 0.436. The Labute approximate surface area is 665 Å². The van der Waals surface area contributed by atoms with Gasteiger partial charge in [0.25, 0.3) is 0 Å². The summed E-state index contributed by atoms with van der Waals surface area (Å²) in [7, 11) is 0. The minimum atomic E-state index is -0.660. The zero-order valence-corrected chi connectivity index (χ0v) is 62.3. The summed E-state index contributed by atoms with van der Waals surface area (Å²) in [6.07, 6.45) is 5.44. The van der Waals surface area contributed by atoms with Crippen molar-refractivity contribution in [2.24, 2.45) is 0 Å². The zero-order valence-electron chi connectivity index (χ0n) is 62.3. The van der Waals surface area contributed by atoms with E-state index in [-0.39, 0.29) is 0 Å². The van der Waals surface area contributed by atoms with Gasteiger partial charge in [0.05, 0.1) is 33.6 Å². The Bertz CT molecular complexity index is 7270. The summed E-state index contributed by atoms with van der Waals surface area (Å²) < 4.78 is 14.3. The minimum Gasteiger partial charge on any atom is -0.457 e. The molecule has 0 atom stereocenters. The van der Waals surface area contributed by atoms with E-state index in [2.05, 4.69) is 370 Å². The summed E-state index contributed by atoms with van der Waals surface area (Å²) in [4.78, 5) is 21.4. The molecule has 6 heteroatoms. The van der Waals surface area contributed by atoms with Gasteiger partial charge in [-0.2, -0.15) is 0 Å². The van der Waals surface area contributed by atoms with Crippen molar-refractivity contribution in [3.8, 4) is 146 Å². The van der Waals surface area contributed by atoms with Gasteiger partial charge in [-0.25, -0.2) is 19.9 Å². The lowest BCUT2D eigenvalue weighted by Gasteiger charge is -2.39. The third-order valence-electron chi connectivity index (χ3n) is 24.8. The van der Waals surface area contributed by atoms with Gasteiger partial charge in [0, 0.05) is 55.6 Å². The topological polar surface area (TPSA) is 70.0 Å². The summed E-state index contributed by atoms with van der Waals surface area (Å²) >= 11 is 0. The molecule has 534 valence electrons. The SMILES string of the molecule is C1=Cc2cc(-c3cc(-c4ccc(-c5ccc6c(c5)Oc5cc(-c7ccc(-c8nc(-c9ccc(-c%10ccc%11c(c%10)Oc%10ccccc%10C%11%10c%11ccccc%11-c%11ccccc%11%10)cc9)cc(-c9ccc%10c(ccc%11ccccc%11%10)c9)n8)cc7)ccc5C65c6ccccc6-c6ccccc65)cc4)nc(-c4ccccc4)n3)cc3cccc(c23)C1. The average Bonchev–Trinajstić information content (AvgIpc) is 1.57. The predicted molar refractivity (Wildman–Crippen MR) is 467 cm³/mol. The largest absolute Gasteiger partial charge is 0.457 e. The first-order valence-corrected chi connectivity index (χ1v) is 39.5. The second-order valence-corrected chi connectivity index (χ2v) is 30.9. The highest BCUT2D eigenvalue weighted by molar-refractivity contribution is 6.09. The molecule has 19 aromatic rings. The monoisotopic (exact) mass is 1460 g/mol. The molecule has 2 aromatic heterocycles. The number of hydrogen-bond donors (Lipinski definition) is 0. The number of nitrogens with zero attached hydrogens (tertiary/aromatic N) is 4. The van der Waals surface area contributed by atoms with E-state index in [1.807, 2.05) is 18.2 Å². The number of ether oxygens (including phenoxy) is 2. The van der Waals surface area contributed by atoms with E-state index >= 15 is 0 Å². The Morgan fingerprint density at radius 2 is 0.609 bits per heavy atom. The highest BCUT2D eigenvalue weighted by Crippen LogP contribution is 2.65. The molecule has 0 N–H and O–H groups in total. The molecule has 17 aromatic carbocycles. The van der Waals surface area contributed by atoms with Crippen LogP contribution in [-0.4, -0.2) is 19.9 Å². The predicted octanol–water partition coefficient (Wildman–Crippen LogP) is 27.2. The number of para-hydroxylation sites is 1. The molecule has 0 saturated carbocycles. The quantitative estimate of drug-likeness (QED) is 0.134. The van der Waals surface area contributed by atoms with Gasteiger partial charge < -0.3 is 9.47 Å². The van der Waals surface area contributed by atoms with Gasteiger partial charge in [-0.3, -0.25) is 0 Å². The molecule has 2 aliphatic heterocycles. The first-order valence-electron chi connectivity index (χ1n) is 39.5. The van der Waals surface area contributed by atoms with E-state index in [1.54, 1.807) is 0 Å². The van der Waals surface area contributed by atoms with Crippen LogP contribution in [0.15, 0.2) is 382 Å². The first-order chi connectivity index (χ1) is 56.9. The smallest absolute Gasteiger partial charge is 0.160 e. The van der Waals surface area contributed by atoms with Gasteiger partial charge in [0.2, 0.25) is 0 Å². The van der Waals surface area contributed by atoms with Crippen molar-refractivity contribution in [1.29, 1.82) is 0 Å². The average molecular weight is 1460 g/mol. The van der Waals surface area contributed by atoms with Crippen LogP contribution in [0, 0.1) is 0 Å². The number of aromatic nitrogens is 4. The lowest BCUT2D eigenvalue weighted by Crippen LogP contribution is -2.32. The first kappa shape index (κ1) is 64.8. The summed E-state index contributed by atoms with van der Waals surface area (Å²) in [6, 6.07) is 136. The van der Waals surface area contributed by atoms with Gasteiger partial charge in [0.15, 0.2) is 11.6 Å². The molecule has 24 rings (SSSR count). The molecule has 0 fully saturated rings. The van der Waals surface area contributed by atoms with Gasteiger partial charge >= 0.3 is 0 Å². The Morgan fingerprint density at radius 1 is 0.226 bits per heavy atom. The van der Waals surface area contributed by atoms with Crippen molar-refractivity contribution in [3.63, 3.8) is 0 Å². The molecule has 0 amide bonds. The van der Waals surface area contributed by atoms with Crippen LogP contribution < -0.4 is 9.47 Å². The molecule has 2 spiro atoms. The fraction of sp³-hybridized carbons (Fsp3) is 0.0275. The van der Waals surface area contributed by atoms with Crippen molar-refractivity contribution < 1.29 is 9.47 Å². The van der Waals surface area contributed by atoms with E-state index < -0.39 is 10.8 Å². The zero-order chi connectivity index (χ0) is 75.5. The molecule has 0 saturated heterocycles. The van der Waals surface area contributed by atoms with Crippen LogP contribution in [0.25, 0.3) is 162 Å². The molecule has 3 aliphatic carbocycles. The van der Waals surface area contributed by atoms with Crippen molar-refractivity contribution >= 4 is 38.4 Å². The number of allylic oxidation sites excluding steroid dienone is 1. The molecule has 4 heterocycles. The van der Waals surface area contributed by atoms with E-state index in [0.717, 1.165) is 147 Å². The van der Waals surface area contributed by atoms with Crippen LogP contribution in [0.4, 0.5) is 0 Å². The maximum absolute atomic E-state index is 7.39. The minimum absolute atomic E-state index is 0.530. The van der Waals surface area contributed by atoms with Gasteiger partial charge in [-0.15, -0.1) is 0 Å². The molecule has 115 heavy (non-hydrogen) atoms. The summed E-state index contributed by atoms with van der Waals surface area (Å²) in [6.45, 7) is 0. The molecule has 6 nitrogen and oxygen atoms in total. The van der Waals surface area contributed by atoms with Crippen molar-refractivity contribution in [1.82, 2.24) is 19.9 Å². The van der Waals surface area contributed by atoms with Crippen LogP contribution >= 0.6 is 0 Å². The Hall–Kier alpha value is -15.0. The standard InChI is InChI=1S/C109H66N4O2/c1-2-19-73(20-3-1)106-110-98(65-100(113-106)82-59-80-23-16-21-72-22-17-24-81(60-82)105(72)80)71-45-38-67(39-46-71)76-52-56-95-103(62-76)115-104-63-77(53-57-96(104)109(95)91-32-12-8-28-87(91)88-29-9-13-33-92(88)109)68-40-47-74(48-41-68)107-111-97(64-99(112-107)79-50-54-84-78(58-79)49-42-69-18-4-5-25-83(69)84)70-43-36-66(37-44-70)75-51-55-94-102(61-75)114-101-35-15-14-34-93(101)108(94)89-30-10-6-26-85(89)86-27-7-11-31-90(86)108/h1-21,23-65H,22H2. The van der Waals surface area contributed by atoms with Gasteiger partial charge in [-0.05, 0) is 182 Å². The van der Waals surface area contributed by atoms with Crippen molar-refractivity contribution in [2.75, 3.05) is 0 Å². The fourth-order valence-corrected chi connectivity index (χ4v) is 19.6. The lowest BCUT2D eigenvalue weighted by atomic mass is 9.65. The van der Waals surface area contributed by atoms with E-state index in [9.17, 15) is 0 Å². The number of benzene rings is 17. The van der Waals surface area contributed by atoms with E-state index in [1.165, 1.54) is 82.6 Å². The maximum atomic E-state index is 7.39. The van der Waals surface area contributed by atoms with Crippen LogP contribution in [0.1, 0.15) is 55.6 Å². The van der Waals surface area contributed by atoms with Crippen LogP contribution in [0.3, 0.4) is 0 Å². The van der Waals surface area contributed by atoms with Crippen molar-refractivity contribution in [2.45, 2.75) is 17.3 Å². The summed E-state index contributed by atoms with van der Waals surface area (Å²) in [5.41, 5.74) is 31.5. The van der Waals surface area contributed by atoms with E-state index in [0.29, 0.717) is 11.6 Å². The molecule has 5 aliphatic rings. The van der Waals surface area contributed by atoms with Crippen LogP contribution in [-0.2, 0) is 17.3 Å². The highest BCUT2D eigenvalue weighted by atomic mass is 16.5. The third kappa shape index (κ3) is 9.95. The maximum Gasteiger partial charge on any atom is 0.160 e. The molecular formula is C109H66N4O2. The number of hydrogen-bond acceptors (Lipinski definition) is 6.